The van der Waals surface area contributed by atoms with Crippen molar-refractivity contribution in [2.45, 2.75) is 40.0 Å². The smallest absolute Gasteiger partial charge is 0.309 e. The Morgan fingerprint density at radius 1 is 1.35 bits per heavy atom. The average molecular weight is 271 g/mol. The van der Waals surface area contributed by atoms with Crippen molar-refractivity contribution in [2.24, 2.45) is 5.92 Å². The summed E-state index contributed by atoms with van der Waals surface area (Å²) in [5.41, 5.74) is 6.41. The Kier molecular flexibility index (Phi) is 3.28. The Morgan fingerprint density at radius 3 is 2.85 bits per heavy atom. The van der Waals surface area contributed by atoms with Crippen molar-refractivity contribution in [1.82, 2.24) is 4.98 Å². The van der Waals surface area contributed by atoms with Gasteiger partial charge in [0, 0.05) is 16.6 Å². The lowest BCUT2D eigenvalue weighted by Crippen LogP contribution is -2.24. The quantitative estimate of drug-likeness (QED) is 0.850. The van der Waals surface area contributed by atoms with Gasteiger partial charge in [0.15, 0.2) is 0 Å². The molecule has 1 aromatic heterocycles. The first kappa shape index (κ1) is 13.2. The standard InChI is InChI=1S/C17H21NO2/c1-4-20-17(19)12-5-6-15-14(9-12)13-7-10(2)11(3)8-16(13)18-15/h7-8,12,18H,4-6,9H2,1-3H3. The normalized spacial score (nSPS) is 18.1. The Balaban J connectivity index is 1.99. The van der Waals surface area contributed by atoms with Gasteiger partial charge in [-0.05, 0) is 68.9 Å². The first-order valence-electron chi connectivity index (χ1n) is 7.37. The van der Waals surface area contributed by atoms with E-state index < -0.39 is 0 Å². The molecule has 3 heteroatoms. The summed E-state index contributed by atoms with van der Waals surface area (Å²) in [4.78, 5) is 15.5. The summed E-state index contributed by atoms with van der Waals surface area (Å²) in [6.45, 7) is 6.61. The molecule has 0 saturated heterocycles. The van der Waals surface area contributed by atoms with Crippen molar-refractivity contribution >= 4 is 16.9 Å². The number of carbonyl (C=O) groups excluding carboxylic acids is 1. The molecule has 1 atom stereocenters. The second-order valence-corrected chi connectivity index (χ2v) is 5.76. The van der Waals surface area contributed by atoms with E-state index >= 15 is 0 Å². The van der Waals surface area contributed by atoms with Crippen molar-refractivity contribution in [1.29, 1.82) is 0 Å². The van der Waals surface area contributed by atoms with E-state index in [1.165, 1.54) is 33.3 Å². The second kappa shape index (κ2) is 4.97. The van der Waals surface area contributed by atoms with Crippen LogP contribution < -0.4 is 0 Å². The highest BCUT2D eigenvalue weighted by molar-refractivity contribution is 5.87. The van der Waals surface area contributed by atoms with E-state index in [9.17, 15) is 4.79 Å². The predicted molar refractivity (Wildman–Crippen MR) is 79.9 cm³/mol. The van der Waals surface area contributed by atoms with Gasteiger partial charge in [0.1, 0.15) is 0 Å². The third-order valence-corrected chi connectivity index (χ3v) is 4.42. The van der Waals surface area contributed by atoms with E-state index in [0.717, 1.165) is 19.3 Å². The lowest BCUT2D eigenvalue weighted by Gasteiger charge is -2.20. The predicted octanol–water partition coefficient (Wildman–Crippen LogP) is 3.45. The van der Waals surface area contributed by atoms with Crippen LogP contribution in [0, 0.1) is 19.8 Å². The minimum atomic E-state index is -0.0451. The Hall–Kier alpha value is -1.77. The molecule has 0 bridgehead atoms. The third kappa shape index (κ3) is 2.11. The minimum Gasteiger partial charge on any atom is -0.466 e. The van der Waals surface area contributed by atoms with Crippen molar-refractivity contribution in [3.63, 3.8) is 0 Å². The number of rotatable bonds is 2. The number of fused-ring (bicyclic) bond motifs is 3. The van der Waals surface area contributed by atoms with E-state index in [0.29, 0.717) is 6.61 Å². The highest BCUT2D eigenvalue weighted by Gasteiger charge is 2.28. The number of nitrogens with one attached hydrogen (secondary N) is 1. The lowest BCUT2D eigenvalue weighted by molar-refractivity contribution is -0.148. The zero-order valence-corrected chi connectivity index (χ0v) is 12.4. The van der Waals surface area contributed by atoms with Crippen LogP contribution in [-0.2, 0) is 22.4 Å². The van der Waals surface area contributed by atoms with Crippen molar-refractivity contribution in [3.8, 4) is 0 Å². The maximum absolute atomic E-state index is 12.0. The molecule has 1 N–H and O–H groups in total. The molecule has 0 spiro atoms. The Morgan fingerprint density at radius 2 is 2.10 bits per heavy atom. The molecule has 3 nitrogen and oxygen atoms in total. The fourth-order valence-electron chi connectivity index (χ4n) is 3.14. The molecule has 0 amide bonds. The maximum atomic E-state index is 12.0. The van der Waals surface area contributed by atoms with E-state index in [4.69, 9.17) is 4.74 Å². The fourth-order valence-corrected chi connectivity index (χ4v) is 3.14. The lowest BCUT2D eigenvalue weighted by atomic mass is 9.86. The van der Waals surface area contributed by atoms with Gasteiger partial charge >= 0.3 is 5.97 Å². The summed E-state index contributed by atoms with van der Waals surface area (Å²) >= 11 is 0. The van der Waals surface area contributed by atoms with Crippen LogP contribution in [0.4, 0.5) is 0 Å². The van der Waals surface area contributed by atoms with Gasteiger partial charge in [0.25, 0.3) is 0 Å². The molecule has 2 aromatic rings. The first-order valence-corrected chi connectivity index (χ1v) is 7.37. The number of hydrogen-bond donors (Lipinski definition) is 1. The topological polar surface area (TPSA) is 42.1 Å². The Bertz CT molecular complexity index is 669. The molecular formula is C17H21NO2. The largest absolute Gasteiger partial charge is 0.466 e. The van der Waals surface area contributed by atoms with Crippen LogP contribution in [0.2, 0.25) is 0 Å². The average Bonchev–Trinajstić information content (AvgIpc) is 2.76. The molecule has 1 aromatic carbocycles. The van der Waals surface area contributed by atoms with Crippen molar-refractivity contribution in [2.75, 3.05) is 6.61 Å². The van der Waals surface area contributed by atoms with E-state index in [1.54, 1.807) is 0 Å². The molecule has 3 rings (SSSR count). The summed E-state index contributed by atoms with van der Waals surface area (Å²) < 4.78 is 5.18. The molecule has 0 radical (unpaired) electrons. The number of esters is 1. The fraction of sp³-hybridized carbons (Fsp3) is 0.471. The van der Waals surface area contributed by atoms with Gasteiger partial charge < -0.3 is 9.72 Å². The molecule has 20 heavy (non-hydrogen) atoms. The van der Waals surface area contributed by atoms with E-state index in [2.05, 4.69) is 31.0 Å². The number of hydrogen-bond acceptors (Lipinski definition) is 2. The Labute approximate surface area is 119 Å². The third-order valence-electron chi connectivity index (χ3n) is 4.42. The molecule has 0 fully saturated rings. The monoisotopic (exact) mass is 271 g/mol. The van der Waals surface area contributed by atoms with Gasteiger partial charge in [-0.3, -0.25) is 4.79 Å². The minimum absolute atomic E-state index is 0.0167. The molecule has 1 aliphatic rings. The van der Waals surface area contributed by atoms with Gasteiger partial charge in [0.2, 0.25) is 0 Å². The molecule has 106 valence electrons. The van der Waals surface area contributed by atoms with Gasteiger partial charge in [0.05, 0.1) is 12.5 Å². The van der Waals surface area contributed by atoms with Crippen molar-refractivity contribution in [3.05, 3.63) is 34.5 Å². The summed E-state index contributed by atoms with van der Waals surface area (Å²) in [5.74, 6) is -0.0283. The zero-order chi connectivity index (χ0) is 14.3. The molecular weight excluding hydrogens is 250 g/mol. The van der Waals surface area contributed by atoms with Crippen LogP contribution in [0.5, 0.6) is 0 Å². The summed E-state index contributed by atoms with van der Waals surface area (Å²) in [6.07, 6.45) is 2.62. The van der Waals surface area contributed by atoms with Crippen LogP contribution in [0.25, 0.3) is 10.9 Å². The highest BCUT2D eigenvalue weighted by atomic mass is 16.5. The van der Waals surface area contributed by atoms with Crippen LogP contribution in [0.1, 0.15) is 35.7 Å². The van der Waals surface area contributed by atoms with Gasteiger partial charge in [-0.1, -0.05) is 0 Å². The van der Waals surface area contributed by atoms with Crippen molar-refractivity contribution < 1.29 is 9.53 Å². The SMILES string of the molecule is CCOC(=O)C1CCc2[nH]c3cc(C)c(C)cc3c2C1. The van der Waals surface area contributed by atoms with Crippen LogP contribution in [0.3, 0.4) is 0 Å². The number of aromatic nitrogens is 1. The summed E-state index contributed by atoms with van der Waals surface area (Å²) in [5, 5.41) is 1.28. The zero-order valence-electron chi connectivity index (χ0n) is 12.4. The van der Waals surface area contributed by atoms with Gasteiger partial charge in [-0.15, -0.1) is 0 Å². The molecule has 1 unspecified atom stereocenters. The second-order valence-electron chi connectivity index (χ2n) is 5.76. The van der Waals surface area contributed by atoms with Gasteiger partial charge in [-0.25, -0.2) is 0 Å². The molecule has 0 aliphatic heterocycles. The van der Waals surface area contributed by atoms with Crippen LogP contribution in [0.15, 0.2) is 12.1 Å². The summed E-state index contributed by atoms with van der Waals surface area (Å²) in [6, 6.07) is 4.45. The first-order chi connectivity index (χ1) is 9.60. The number of benzene rings is 1. The maximum Gasteiger partial charge on any atom is 0.309 e. The van der Waals surface area contributed by atoms with E-state index in [-0.39, 0.29) is 11.9 Å². The molecule has 1 heterocycles. The van der Waals surface area contributed by atoms with Crippen LogP contribution in [-0.4, -0.2) is 17.6 Å². The number of ether oxygens (including phenoxy) is 1. The number of carbonyl (C=O) groups is 1. The van der Waals surface area contributed by atoms with Gasteiger partial charge in [-0.2, -0.15) is 0 Å². The number of H-pyrrole nitrogens is 1. The number of aromatic amines is 1. The molecule has 0 saturated carbocycles. The van der Waals surface area contributed by atoms with E-state index in [1.807, 2.05) is 6.92 Å². The molecule has 1 aliphatic carbocycles. The number of aryl methyl sites for hydroxylation is 3. The highest BCUT2D eigenvalue weighted by Crippen LogP contribution is 2.33. The summed E-state index contributed by atoms with van der Waals surface area (Å²) in [7, 11) is 0. The van der Waals surface area contributed by atoms with Crippen LogP contribution >= 0.6 is 0 Å².